The van der Waals surface area contributed by atoms with Gasteiger partial charge in [0, 0.05) is 30.3 Å². The average molecular weight is 404 g/mol. The second-order valence-corrected chi connectivity index (χ2v) is 5.65. The minimum atomic E-state index is -4.42. The van der Waals surface area contributed by atoms with Gasteiger partial charge in [-0.3, -0.25) is 4.99 Å². The fraction of sp³-hybridized carbons (Fsp3) is 0.188. The maximum absolute atomic E-state index is 12.3. The largest absolute Gasteiger partial charge is 0.407 e. The molecule has 0 spiro atoms. The Labute approximate surface area is 161 Å². The van der Waals surface area contributed by atoms with E-state index in [0.29, 0.717) is 11.3 Å². The van der Waals surface area contributed by atoms with E-state index in [1.54, 1.807) is 29.0 Å². The summed E-state index contributed by atoms with van der Waals surface area (Å²) in [4.78, 5) is 15.9. The van der Waals surface area contributed by atoms with Crippen LogP contribution in [0.15, 0.2) is 47.0 Å². The minimum absolute atomic E-state index is 0.00258. The number of nitrogens with zero attached hydrogens (tertiary/aromatic N) is 7. The Balaban J connectivity index is 1.79. The van der Waals surface area contributed by atoms with Crippen LogP contribution in [0.3, 0.4) is 0 Å². The molecule has 3 aromatic heterocycles. The van der Waals surface area contributed by atoms with E-state index in [9.17, 15) is 13.2 Å². The van der Waals surface area contributed by atoms with E-state index in [-0.39, 0.29) is 29.4 Å². The molecule has 0 fully saturated rings. The molecular formula is C16H15F3N10. The lowest BCUT2D eigenvalue weighted by Gasteiger charge is -2.09. The van der Waals surface area contributed by atoms with Crippen molar-refractivity contribution in [2.75, 3.05) is 11.9 Å². The van der Waals surface area contributed by atoms with Gasteiger partial charge in [0.05, 0.1) is 30.3 Å². The fourth-order valence-electron chi connectivity index (χ4n) is 2.29. The summed E-state index contributed by atoms with van der Waals surface area (Å²) in [6, 6.07) is 3.49. The molecule has 3 heterocycles. The molecule has 0 bridgehead atoms. The molecule has 150 valence electrons. The first-order valence-electron chi connectivity index (χ1n) is 8.16. The zero-order chi connectivity index (χ0) is 20.9. The first kappa shape index (κ1) is 19.9. The van der Waals surface area contributed by atoms with Crippen molar-refractivity contribution >= 4 is 29.1 Å². The third kappa shape index (κ3) is 5.09. The smallest absolute Gasteiger partial charge is 0.404 e. The van der Waals surface area contributed by atoms with E-state index in [2.05, 4.69) is 35.5 Å². The molecule has 0 aliphatic heterocycles. The summed E-state index contributed by atoms with van der Waals surface area (Å²) in [7, 11) is 0. The predicted octanol–water partition coefficient (Wildman–Crippen LogP) is 2.73. The molecule has 13 heteroatoms. The molecular weight excluding hydrogens is 389 g/mol. The van der Waals surface area contributed by atoms with Gasteiger partial charge in [0.25, 0.3) is 0 Å². The molecule has 29 heavy (non-hydrogen) atoms. The molecule has 0 atom stereocenters. The number of nitrogens with two attached hydrogens (primary N) is 1. The lowest BCUT2D eigenvalue weighted by Crippen LogP contribution is -2.12. The molecule has 10 nitrogen and oxygen atoms in total. The number of nitrogens with one attached hydrogen (secondary N) is 2. The van der Waals surface area contributed by atoms with Crippen LogP contribution >= 0.6 is 0 Å². The monoisotopic (exact) mass is 404 g/mol. The maximum atomic E-state index is 12.3. The van der Waals surface area contributed by atoms with Crippen molar-refractivity contribution in [2.45, 2.75) is 12.7 Å². The van der Waals surface area contributed by atoms with E-state index in [1.807, 2.05) is 0 Å². The van der Waals surface area contributed by atoms with Crippen molar-refractivity contribution < 1.29 is 13.2 Å². The van der Waals surface area contributed by atoms with Gasteiger partial charge in [-0.2, -0.15) is 18.3 Å². The zero-order valence-corrected chi connectivity index (χ0v) is 14.8. The fourth-order valence-corrected chi connectivity index (χ4v) is 2.29. The molecule has 0 radical (unpaired) electrons. The number of hydrogen-bond donors (Lipinski definition) is 3. The van der Waals surface area contributed by atoms with Crippen molar-refractivity contribution in [1.82, 2.24) is 24.6 Å². The SMILES string of the molecule is N=Nc1ncc(C(C=NCC(F)(F)F)=CN)nc1NCc1ccn2nccc2n1. The van der Waals surface area contributed by atoms with E-state index in [4.69, 9.17) is 11.3 Å². The summed E-state index contributed by atoms with van der Waals surface area (Å²) < 4.78 is 38.4. The molecule has 0 aliphatic carbocycles. The van der Waals surface area contributed by atoms with Gasteiger partial charge >= 0.3 is 6.18 Å². The lowest BCUT2D eigenvalue weighted by atomic mass is 10.2. The number of hydrogen-bond acceptors (Lipinski definition) is 9. The van der Waals surface area contributed by atoms with Gasteiger partial charge in [0.2, 0.25) is 5.82 Å². The number of halogens is 3. The van der Waals surface area contributed by atoms with Crippen LogP contribution < -0.4 is 11.1 Å². The summed E-state index contributed by atoms with van der Waals surface area (Å²) in [6.45, 7) is -1.10. The quantitative estimate of drug-likeness (QED) is 0.408. The van der Waals surface area contributed by atoms with Gasteiger partial charge < -0.3 is 11.1 Å². The molecule has 4 N–H and O–H groups in total. The van der Waals surface area contributed by atoms with Gasteiger partial charge in [0.1, 0.15) is 6.54 Å². The summed E-state index contributed by atoms with van der Waals surface area (Å²) in [5.41, 5.74) is 14.3. The third-order valence-corrected chi connectivity index (χ3v) is 3.59. The van der Waals surface area contributed by atoms with Crippen LogP contribution in [0.25, 0.3) is 11.2 Å². The molecule has 3 aromatic rings. The summed E-state index contributed by atoms with van der Waals surface area (Å²) in [6.07, 6.45) is 2.21. The Morgan fingerprint density at radius 1 is 1.31 bits per heavy atom. The highest BCUT2D eigenvalue weighted by atomic mass is 19.4. The third-order valence-electron chi connectivity index (χ3n) is 3.59. The molecule has 0 saturated heterocycles. The molecule has 0 aliphatic rings. The molecule has 3 rings (SSSR count). The van der Waals surface area contributed by atoms with Crippen LogP contribution in [0.5, 0.6) is 0 Å². The number of fused-ring (bicyclic) bond motifs is 1. The zero-order valence-electron chi connectivity index (χ0n) is 14.8. The van der Waals surface area contributed by atoms with Crippen molar-refractivity contribution in [3.8, 4) is 0 Å². The number of anilines is 1. The Morgan fingerprint density at radius 3 is 2.86 bits per heavy atom. The van der Waals surface area contributed by atoms with E-state index < -0.39 is 12.7 Å². The Bertz CT molecular complexity index is 1070. The lowest BCUT2D eigenvalue weighted by molar-refractivity contribution is -0.118. The first-order chi connectivity index (χ1) is 13.9. The standard InChI is InChI=1S/C16H15F3N10/c17-16(18,19)9-22-6-10(5-20)12-8-24-15(28-21)14(27-12)23-7-11-2-4-29-13(26-11)1-3-25-29/h1-6,8,21H,7,9,20H2,(H,23,27). The van der Waals surface area contributed by atoms with Gasteiger partial charge in [-0.05, 0) is 6.07 Å². The number of aromatic nitrogens is 5. The van der Waals surface area contributed by atoms with E-state index in [0.717, 1.165) is 12.4 Å². The predicted molar refractivity (Wildman–Crippen MR) is 98.7 cm³/mol. The van der Waals surface area contributed by atoms with Crippen molar-refractivity contribution in [1.29, 1.82) is 5.53 Å². The summed E-state index contributed by atoms with van der Waals surface area (Å²) in [5, 5.41) is 10.3. The van der Waals surface area contributed by atoms with Crippen LogP contribution in [0.4, 0.5) is 24.8 Å². The van der Waals surface area contributed by atoms with Crippen molar-refractivity contribution in [3.63, 3.8) is 0 Å². The van der Waals surface area contributed by atoms with Crippen LogP contribution in [0.2, 0.25) is 0 Å². The Morgan fingerprint density at radius 2 is 2.14 bits per heavy atom. The maximum Gasteiger partial charge on any atom is 0.407 e. The summed E-state index contributed by atoms with van der Waals surface area (Å²) >= 11 is 0. The average Bonchev–Trinajstić information content (AvgIpc) is 3.16. The second-order valence-electron chi connectivity index (χ2n) is 5.65. The van der Waals surface area contributed by atoms with Gasteiger partial charge in [0.15, 0.2) is 11.5 Å². The van der Waals surface area contributed by atoms with Gasteiger partial charge in [-0.25, -0.2) is 25.0 Å². The minimum Gasteiger partial charge on any atom is -0.404 e. The normalized spacial score (nSPS) is 12.6. The Kier molecular flexibility index (Phi) is 5.76. The van der Waals surface area contributed by atoms with Gasteiger partial charge in [-0.15, -0.1) is 5.11 Å². The van der Waals surface area contributed by atoms with Crippen molar-refractivity contribution in [2.24, 2.45) is 15.8 Å². The van der Waals surface area contributed by atoms with Crippen LogP contribution in [0.1, 0.15) is 11.4 Å². The highest BCUT2D eigenvalue weighted by Gasteiger charge is 2.26. The van der Waals surface area contributed by atoms with E-state index in [1.165, 1.54) is 6.20 Å². The highest BCUT2D eigenvalue weighted by Crippen LogP contribution is 2.22. The Hall–Kier alpha value is -3.90. The molecule has 0 saturated carbocycles. The van der Waals surface area contributed by atoms with Crippen LogP contribution in [-0.2, 0) is 6.54 Å². The van der Waals surface area contributed by atoms with Gasteiger partial charge in [-0.1, -0.05) is 0 Å². The number of alkyl halides is 3. The topological polar surface area (TPSA) is 143 Å². The van der Waals surface area contributed by atoms with Crippen molar-refractivity contribution in [3.05, 3.63) is 48.3 Å². The summed E-state index contributed by atoms with van der Waals surface area (Å²) in [5.74, 6) is 0.152. The van der Waals surface area contributed by atoms with Crippen LogP contribution in [-0.4, -0.2) is 43.5 Å². The number of allylic oxidation sites excluding steroid dienone is 1. The second kappa shape index (κ2) is 8.41. The van der Waals surface area contributed by atoms with Crippen LogP contribution in [0, 0.1) is 5.53 Å². The number of aliphatic imine (C=N–C) groups is 1. The first-order valence-corrected chi connectivity index (χ1v) is 8.16. The van der Waals surface area contributed by atoms with E-state index >= 15 is 0 Å². The number of rotatable bonds is 7. The molecule has 0 unspecified atom stereocenters. The highest BCUT2D eigenvalue weighted by molar-refractivity contribution is 6.08. The molecule has 0 amide bonds. The molecule has 0 aromatic carbocycles.